The Morgan fingerprint density at radius 1 is 1.69 bits per heavy atom. The molecule has 1 saturated carbocycles. The molecular formula is C11H16N2O2S. The van der Waals surface area contributed by atoms with Gasteiger partial charge in [-0.15, -0.1) is 11.8 Å². The molecule has 1 fully saturated rings. The fraction of sp³-hybridized carbons (Fsp3) is 0.636. The van der Waals surface area contributed by atoms with Gasteiger partial charge in [-0.2, -0.15) is 0 Å². The van der Waals surface area contributed by atoms with Gasteiger partial charge >= 0.3 is 0 Å². The van der Waals surface area contributed by atoms with Crippen LogP contribution in [0.4, 0.5) is 0 Å². The molecule has 2 rings (SSSR count). The van der Waals surface area contributed by atoms with Crippen LogP contribution in [0.15, 0.2) is 15.9 Å². The second-order valence-electron chi connectivity index (χ2n) is 4.34. The molecular weight excluding hydrogens is 224 g/mol. The molecule has 0 saturated heterocycles. The fourth-order valence-corrected chi connectivity index (χ4v) is 2.27. The number of hydrogen-bond acceptors (Lipinski definition) is 4. The van der Waals surface area contributed by atoms with Crippen LogP contribution >= 0.6 is 11.8 Å². The molecule has 2 N–H and O–H groups in total. The topological polar surface area (TPSA) is 66.0 Å². The summed E-state index contributed by atoms with van der Waals surface area (Å²) in [5, 5.41) is 9.69. The summed E-state index contributed by atoms with van der Waals surface area (Å²) >= 11 is 1.54. The Balaban J connectivity index is 2.05. The first-order valence-electron chi connectivity index (χ1n) is 5.54. The molecule has 1 atom stereocenters. The molecule has 88 valence electrons. The van der Waals surface area contributed by atoms with Crippen LogP contribution in [0, 0.1) is 5.92 Å². The second kappa shape index (κ2) is 5.01. The van der Waals surface area contributed by atoms with Crippen molar-refractivity contribution in [3.63, 3.8) is 0 Å². The van der Waals surface area contributed by atoms with Crippen molar-refractivity contribution in [1.29, 1.82) is 0 Å². The number of aromatic nitrogens is 2. The van der Waals surface area contributed by atoms with Gasteiger partial charge in [0.2, 0.25) is 0 Å². The number of thioether (sulfide) groups is 1. The lowest BCUT2D eigenvalue weighted by molar-refractivity contribution is 0.250. The molecule has 0 aliphatic heterocycles. The molecule has 1 heterocycles. The summed E-state index contributed by atoms with van der Waals surface area (Å²) in [6, 6.07) is 1.53. The maximum absolute atomic E-state index is 11.4. The number of aliphatic hydroxyl groups excluding tert-OH is 1. The number of hydrogen-bond donors (Lipinski definition) is 2. The molecule has 0 amide bonds. The van der Waals surface area contributed by atoms with E-state index in [1.807, 2.05) is 6.92 Å². The minimum absolute atomic E-state index is 0.0731. The fourth-order valence-electron chi connectivity index (χ4n) is 1.36. The predicted octanol–water partition coefficient (Wildman–Crippen LogP) is 1.37. The van der Waals surface area contributed by atoms with Crippen LogP contribution in [0.2, 0.25) is 0 Å². The van der Waals surface area contributed by atoms with E-state index in [1.165, 1.54) is 17.8 Å². The van der Waals surface area contributed by atoms with E-state index in [-0.39, 0.29) is 18.1 Å². The second-order valence-corrected chi connectivity index (χ2v) is 5.38. The van der Waals surface area contributed by atoms with Gasteiger partial charge in [0.05, 0.1) is 0 Å². The number of nitrogens with one attached hydrogen (secondary N) is 1. The molecule has 1 aliphatic carbocycles. The molecule has 0 bridgehead atoms. The lowest BCUT2D eigenvalue weighted by atomic mass is 10.2. The van der Waals surface area contributed by atoms with Crippen molar-refractivity contribution in [3.05, 3.63) is 22.2 Å². The average Bonchev–Trinajstić information content (AvgIpc) is 3.09. The first kappa shape index (κ1) is 11.7. The van der Waals surface area contributed by atoms with E-state index in [0.29, 0.717) is 5.92 Å². The van der Waals surface area contributed by atoms with E-state index in [1.54, 1.807) is 0 Å². The third-order valence-electron chi connectivity index (χ3n) is 2.53. The molecule has 1 unspecified atom stereocenters. The predicted molar refractivity (Wildman–Crippen MR) is 63.8 cm³/mol. The summed E-state index contributed by atoms with van der Waals surface area (Å²) in [5.41, 5.74) is -0.0731. The van der Waals surface area contributed by atoms with Gasteiger partial charge in [0.15, 0.2) is 0 Å². The summed E-state index contributed by atoms with van der Waals surface area (Å²) in [5.74, 6) is 2.31. The van der Waals surface area contributed by atoms with Crippen molar-refractivity contribution >= 4 is 11.8 Å². The first-order chi connectivity index (χ1) is 7.69. The highest BCUT2D eigenvalue weighted by atomic mass is 32.2. The third-order valence-corrected chi connectivity index (χ3v) is 3.77. The Hall–Kier alpha value is -0.810. The van der Waals surface area contributed by atoms with Gasteiger partial charge in [-0.1, -0.05) is 6.92 Å². The third kappa shape index (κ3) is 3.09. The highest BCUT2D eigenvalue weighted by Crippen LogP contribution is 2.37. The monoisotopic (exact) mass is 240 g/mol. The summed E-state index contributed by atoms with van der Waals surface area (Å²) in [6.07, 6.45) is 2.26. The molecule has 4 nitrogen and oxygen atoms in total. The van der Waals surface area contributed by atoms with Crippen LogP contribution in [0.3, 0.4) is 0 Å². The quantitative estimate of drug-likeness (QED) is 0.602. The van der Waals surface area contributed by atoms with Gasteiger partial charge < -0.3 is 10.1 Å². The van der Waals surface area contributed by atoms with Crippen LogP contribution in [0.5, 0.6) is 0 Å². The SMILES string of the molecule is CC(CO)CSc1cc(=O)[nH]c(C2CC2)n1. The Labute approximate surface area is 98.5 Å². The number of aliphatic hydroxyl groups is 1. The van der Waals surface area contributed by atoms with E-state index in [4.69, 9.17) is 5.11 Å². The van der Waals surface area contributed by atoms with Crippen LogP contribution in [-0.2, 0) is 0 Å². The van der Waals surface area contributed by atoms with E-state index < -0.39 is 0 Å². The summed E-state index contributed by atoms with van der Waals surface area (Å²) in [6.45, 7) is 2.15. The highest BCUT2D eigenvalue weighted by Gasteiger charge is 2.26. The number of H-pyrrole nitrogens is 1. The van der Waals surface area contributed by atoms with Gasteiger partial charge in [-0.05, 0) is 18.8 Å². The maximum atomic E-state index is 11.4. The van der Waals surface area contributed by atoms with Crippen molar-refractivity contribution in [2.75, 3.05) is 12.4 Å². The Morgan fingerprint density at radius 2 is 2.44 bits per heavy atom. The first-order valence-corrected chi connectivity index (χ1v) is 6.52. The zero-order valence-corrected chi connectivity index (χ0v) is 10.1. The molecule has 0 aromatic carbocycles. The molecule has 5 heteroatoms. The van der Waals surface area contributed by atoms with Gasteiger partial charge in [-0.25, -0.2) is 4.98 Å². The Kier molecular flexibility index (Phi) is 3.66. The normalized spacial score (nSPS) is 17.4. The van der Waals surface area contributed by atoms with Crippen molar-refractivity contribution in [2.45, 2.75) is 30.7 Å². The van der Waals surface area contributed by atoms with Gasteiger partial charge in [0, 0.05) is 24.3 Å². The summed E-state index contributed by atoms with van der Waals surface area (Å²) in [4.78, 5) is 18.6. The zero-order chi connectivity index (χ0) is 11.5. The maximum Gasteiger partial charge on any atom is 0.251 e. The zero-order valence-electron chi connectivity index (χ0n) is 9.27. The molecule has 0 radical (unpaired) electrons. The van der Waals surface area contributed by atoms with Gasteiger partial charge in [0.25, 0.3) is 5.56 Å². The highest BCUT2D eigenvalue weighted by molar-refractivity contribution is 7.99. The molecule has 1 aromatic heterocycles. The molecule has 16 heavy (non-hydrogen) atoms. The largest absolute Gasteiger partial charge is 0.396 e. The van der Waals surface area contributed by atoms with Crippen molar-refractivity contribution in [2.24, 2.45) is 5.92 Å². The van der Waals surface area contributed by atoms with E-state index in [0.717, 1.165) is 29.4 Å². The van der Waals surface area contributed by atoms with Crippen LogP contribution < -0.4 is 5.56 Å². The van der Waals surface area contributed by atoms with Crippen molar-refractivity contribution in [3.8, 4) is 0 Å². The Bertz CT molecular complexity index is 415. The average molecular weight is 240 g/mol. The lowest BCUT2D eigenvalue weighted by Crippen LogP contribution is -2.11. The smallest absolute Gasteiger partial charge is 0.251 e. The van der Waals surface area contributed by atoms with Crippen molar-refractivity contribution in [1.82, 2.24) is 9.97 Å². The number of nitrogens with zero attached hydrogens (tertiary/aromatic N) is 1. The minimum atomic E-state index is -0.0731. The van der Waals surface area contributed by atoms with Gasteiger partial charge in [0.1, 0.15) is 10.9 Å². The van der Waals surface area contributed by atoms with E-state index in [2.05, 4.69) is 9.97 Å². The standard InChI is InChI=1S/C11H16N2O2S/c1-7(5-14)6-16-10-4-9(15)12-11(13-10)8-2-3-8/h4,7-8,14H,2-3,5-6H2,1H3,(H,12,13,15). The molecule has 1 aromatic rings. The van der Waals surface area contributed by atoms with Crippen LogP contribution in [-0.4, -0.2) is 27.4 Å². The molecule has 1 aliphatic rings. The molecule has 0 spiro atoms. The summed E-state index contributed by atoms with van der Waals surface area (Å²) < 4.78 is 0. The minimum Gasteiger partial charge on any atom is -0.396 e. The van der Waals surface area contributed by atoms with E-state index >= 15 is 0 Å². The van der Waals surface area contributed by atoms with Crippen LogP contribution in [0.25, 0.3) is 0 Å². The Morgan fingerprint density at radius 3 is 3.06 bits per heavy atom. The number of aromatic amines is 1. The number of rotatable bonds is 5. The van der Waals surface area contributed by atoms with Crippen LogP contribution in [0.1, 0.15) is 31.5 Å². The van der Waals surface area contributed by atoms with E-state index in [9.17, 15) is 4.79 Å². The van der Waals surface area contributed by atoms with Gasteiger partial charge in [-0.3, -0.25) is 4.79 Å². The summed E-state index contributed by atoms with van der Waals surface area (Å²) in [7, 11) is 0. The lowest BCUT2D eigenvalue weighted by Gasteiger charge is -2.07. The van der Waals surface area contributed by atoms with Crippen molar-refractivity contribution < 1.29 is 5.11 Å².